The molecule has 96 valence electrons. The number of hydrogen-bond acceptors (Lipinski definition) is 1. The van der Waals surface area contributed by atoms with Crippen LogP contribution in [0.25, 0.3) is 0 Å². The van der Waals surface area contributed by atoms with Gasteiger partial charge in [-0.25, -0.2) is 0 Å². The van der Waals surface area contributed by atoms with Gasteiger partial charge in [0.2, 0.25) is 0 Å². The molecule has 1 nitrogen and oxygen atoms in total. The summed E-state index contributed by atoms with van der Waals surface area (Å²) in [5.74, 6) is 0. The first kappa shape index (κ1) is 12.5. The molecule has 3 rings (SSSR count). The van der Waals surface area contributed by atoms with Crippen molar-refractivity contribution in [3.63, 3.8) is 0 Å². The second-order valence-corrected chi connectivity index (χ2v) is 6.19. The van der Waals surface area contributed by atoms with Crippen molar-refractivity contribution in [2.75, 3.05) is 0 Å². The molecule has 0 radical (unpaired) electrons. The normalized spacial score (nSPS) is 17.3. The standard InChI is InChI=1S/C17H16OS/c1-2-3-6-13-9-10-17-15(11-13)12-14-7-4-5-8-16(14)19(17)18/h2-5,7-11H,6,12H2,1H3. The SMILES string of the molecule is CC=CCc1ccc2c(c1)Cc1ccccc1[S+]2[O-]. The Morgan fingerprint density at radius 2 is 1.89 bits per heavy atom. The summed E-state index contributed by atoms with van der Waals surface area (Å²) >= 11 is -1.02. The van der Waals surface area contributed by atoms with Gasteiger partial charge in [0.1, 0.15) is 0 Å². The Bertz CT molecular complexity index is 631. The second kappa shape index (κ2) is 5.24. The van der Waals surface area contributed by atoms with Crippen molar-refractivity contribution < 1.29 is 4.55 Å². The van der Waals surface area contributed by atoms with Crippen LogP contribution in [0.2, 0.25) is 0 Å². The summed E-state index contributed by atoms with van der Waals surface area (Å²) in [6.07, 6.45) is 6.04. The number of benzene rings is 2. The first-order valence-electron chi connectivity index (χ1n) is 6.52. The lowest BCUT2D eigenvalue weighted by atomic mass is 10.0. The highest BCUT2D eigenvalue weighted by Crippen LogP contribution is 2.34. The highest BCUT2D eigenvalue weighted by atomic mass is 32.2. The van der Waals surface area contributed by atoms with Gasteiger partial charge in [-0.15, -0.1) is 0 Å². The average molecular weight is 268 g/mol. The lowest BCUT2D eigenvalue weighted by molar-refractivity contribution is 0.590. The van der Waals surface area contributed by atoms with Crippen molar-refractivity contribution >= 4 is 11.2 Å². The fourth-order valence-electron chi connectivity index (χ4n) is 2.49. The smallest absolute Gasteiger partial charge is 0.161 e. The predicted octanol–water partition coefficient (Wildman–Crippen LogP) is 3.88. The van der Waals surface area contributed by atoms with Gasteiger partial charge in [-0.2, -0.15) is 0 Å². The van der Waals surface area contributed by atoms with Crippen LogP contribution in [-0.4, -0.2) is 4.55 Å². The molecular weight excluding hydrogens is 252 g/mol. The number of rotatable bonds is 2. The van der Waals surface area contributed by atoms with Crippen LogP contribution >= 0.6 is 0 Å². The zero-order valence-corrected chi connectivity index (χ0v) is 11.7. The molecule has 0 saturated heterocycles. The molecule has 1 aliphatic heterocycles. The molecule has 1 aliphatic rings. The summed E-state index contributed by atoms with van der Waals surface area (Å²) in [4.78, 5) is 1.94. The Kier molecular flexibility index (Phi) is 3.45. The summed E-state index contributed by atoms with van der Waals surface area (Å²) in [6, 6.07) is 14.3. The van der Waals surface area contributed by atoms with Crippen LogP contribution in [0.5, 0.6) is 0 Å². The van der Waals surface area contributed by atoms with Gasteiger partial charge in [0.25, 0.3) is 0 Å². The van der Waals surface area contributed by atoms with Gasteiger partial charge in [-0.05, 0) is 31.0 Å². The molecule has 19 heavy (non-hydrogen) atoms. The summed E-state index contributed by atoms with van der Waals surface area (Å²) in [6.45, 7) is 2.03. The Hall–Kier alpha value is -1.51. The Labute approximate surface area is 117 Å². The van der Waals surface area contributed by atoms with Gasteiger partial charge in [-0.3, -0.25) is 0 Å². The van der Waals surface area contributed by atoms with E-state index in [-0.39, 0.29) is 0 Å². The monoisotopic (exact) mass is 268 g/mol. The number of hydrogen-bond donors (Lipinski definition) is 0. The van der Waals surface area contributed by atoms with E-state index in [0.29, 0.717) is 0 Å². The molecule has 2 aromatic rings. The third-order valence-corrected chi connectivity index (χ3v) is 5.06. The summed E-state index contributed by atoms with van der Waals surface area (Å²) in [5.41, 5.74) is 3.68. The number of fused-ring (bicyclic) bond motifs is 2. The van der Waals surface area contributed by atoms with E-state index in [1.54, 1.807) is 0 Å². The fourth-order valence-corrected chi connectivity index (χ4v) is 3.87. The minimum atomic E-state index is -1.02. The molecule has 1 heterocycles. The van der Waals surface area contributed by atoms with Gasteiger partial charge < -0.3 is 4.55 Å². The van der Waals surface area contributed by atoms with Crippen molar-refractivity contribution in [3.05, 3.63) is 71.3 Å². The van der Waals surface area contributed by atoms with E-state index in [9.17, 15) is 4.55 Å². The molecule has 0 amide bonds. The van der Waals surface area contributed by atoms with E-state index < -0.39 is 11.2 Å². The topological polar surface area (TPSA) is 23.1 Å². The first-order valence-corrected chi connectivity index (χ1v) is 7.67. The Morgan fingerprint density at radius 1 is 1.11 bits per heavy atom. The molecule has 1 atom stereocenters. The van der Waals surface area contributed by atoms with E-state index in [1.165, 1.54) is 16.7 Å². The first-order chi connectivity index (χ1) is 9.29. The molecule has 0 aliphatic carbocycles. The average Bonchev–Trinajstić information content (AvgIpc) is 2.45. The molecule has 2 aromatic carbocycles. The van der Waals surface area contributed by atoms with Crippen molar-refractivity contribution in [1.82, 2.24) is 0 Å². The maximum atomic E-state index is 12.5. The van der Waals surface area contributed by atoms with Gasteiger partial charge in [0, 0.05) is 28.7 Å². The van der Waals surface area contributed by atoms with Crippen molar-refractivity contribution in [1.29, 1.82) is 0 Å². The largest absolute Gasteiger partial charge is 0.606 e. The zero-order valence-electron chi connectivity index (χ0n) is 10.9. The Morgan fingerprint density at radius 3 is 2.74 bits per heavy atom. The van der Waals surface area contributed by atoms with Gasteiger partial charge in [-0.1, -0.05) is 42.5 Å². The van der Waals surface area contributed by atoms with Crippen LogP contribution in [0, 0.1) is 0 Å². The highest BCUT2D eigenvalue weighted by molar-refractivity contribution is 7.91. The highest BCUT2D eigenvalue weighted by Gasteiger charge is 2.27. The van der Waals surface area contributed by atoms with Gasteiger partial charge >= 0.3 is 0 Å². The molecule has 0 saturated carbocycles. The lowest BCUT2D eigenvalue weighted by Gasteiger charge is -2.21. The molecule has 0 spiro atoms. The molecule has 0 fully saturated rings. The summed E-state index contributed by atoms with van der Waals surface area (Å²) in [7, 11) is 0. The molecular formula is C17H16OS. The molecule has 2 heteroatoms. The lowest BCUT2D eigenvalue weighted by Crippen LogP contribution is -2.14. The van der Waals surface area contributed by atoms with Gasteiger partial charge in [0.05, 0.1) is 0 Å². The third kappa shape index (κ3) is 2.34. The zero-order chi connectivity index (χ0) is 13.2. The van der Waals surface area contributed by atoms with E-state index in [4.69, 9.17) is 0 Å². The van der Waals surface area contributed by atoms with E-state index >= 15 is 0 Å². The van der Waals surface area contributed by atoms with E-state index in [0.717, 1.165) is 22.6 Å². The third-order valence-electron chi connectivity index (χ3n) is 3.47. The van der Waals surface area contributed by atoms with Crippen LogP contribution in [0.1, 0.15) is 23.6 Å². The van der Waals surface area contributed by atoms with Crippen LogP contribution in [0.4, 0.5) is 0 Å². The summed E-state index contributed by atoms with van der Waals surface area (Å²) in [5, 5.41) is 0. The van der Waals surface area contributed by atoms with E-state index in [1.807, 2.05) is 31.2 Å². The van der Waals surface area contributed by atoms with Crippen LogP contribution in [0.15, 0.2) is 64.4 Å². The molecule has 0 bridgehead atoms. The van der Waals surface area contributed by atoms with Crippen molar-refractivity contribution in [3.8, 4) is 0 Å². The quantitative estimate of drug-likeness (QED) is 0.599. The minimum absolute atomic E-state index is 0.890. The van der Waals surface area contributed by atoms with Crippen LogP contribution in [0.3, 0.4) is 0 Å². The summed E-state index contributed by atoms with van der Waals surface area (Å²) < 4.78 is 12.5. The van der Waals surface area contributed by atoms with Crippen molar-refractivity contribution in [2.45, 2.75) is 29.6 Å². The predicted molar refractivity (Wildman–Crippen MR) is 78.9 cm³/mol. The molecule has 0 aromatic heterocycles. The van der Waals surface area contributed by atoms with Crippen LogP contribution in [-0.2, 0) is 24.0 Å². The molecule has 1 unspecified atom stereocenters. The molecule has 0 N–H and O–H groups in total. The van der Waals surface area contributed by atoms with Crippen LogP contribution < -0.4 is 0 Å². The maximum Gasteiger partial charge on any atom is 0.161 e. The van der Waals surface area contributed by atoms with Crippen molar-refractivity contribution in [2.24, 2.45) is 0 Å². The maximum absolute atomic E-state index is 12.5. The van der Waals surface area contributed by atoms with E-state index in [2.05, 4.69) is 30.4 Å². The minimum Gasteiger partial charge on any atom is -0.606 e. The van der Waals surface area contributed by atoms with Gasteiger partial charge in [0.15, 0.2) is 9.79 Å². The fraction of sp³-hybridized carbons (Fsp3) is 0.176. The Balaban J connectivity index is 2.00. The second-order valence-electron chi connectivity index (χ2n) is 4.77. The number of allylic oxidation sites excluding steroid dienone is 2.